The topological polar surface area (TPSA) is 80.9 Å². The van der Waals surface area contributed by atoms with Gasteiger partial charge in [0.25, 0.3) is 5.91 Å². The molecule has 1 amide bonds. The van der Waals surface area contributed by atoms with Crippen LogP contribution in [0.5, 0.6) is 11.5 Å². The summed E-state index contributed by atoms with van der Waals surface area (Å²) in [5, 5.41) is 4.15. The lowest BCUT2D eigenvalue weighted by Gasteiger charge is -2.37. The number of piperazine rings is 1. The Hall–Kier alpha value is -3.39. The van der Waals surface area contributed by atoms with Gasteiger partial charge in [0.15, 0.2) is 11.5 Å². The summed E-state index contributed by atoms with van der Waals surface area (Å²) in [6, 6.07) is 13.4. The van der Waals surface area contributed by atoms with Crippen LogP contribution in [0.1, 0.15) is 34.8 Å². The molecule has 8 heteroatoms. The zero-order valence-corrected chi connectivity index (χ0v) is 18.9. The molecule has 3 aromatic rings. The van der Waals surface area contributed by atoms with E-state index in [-0.39, 0.29) is 11.9 Å². The molecule has 0 bridgehead atoms. The lowest BCUT2D eigenvalue weighted by molar-refractivity contribution is 0.0548. The molecule has 1 aliphatic heterocycles. The number of hydrogen-bond acceptors (Lipinski definition) is 7. The predicted molar refractivity (Wildman–Crippen MR) is 120 cm³/mol. The second kappa shape index (κ2) is 9.40. The van der Waals surface area contributed by atoms with E-state index in [1.807, 2.05) is 36.1 Å². The second-order valence-electron chi connectivity index (χ2n) is 7.87. The summed E-state index contributed by atoms with van der Waals surface area (Å²) in [4.78, 5) is 21.8. The van der Waals surface area contributed by atoms with Gasteiger partial charge < -0.3 is 18.9 Å². The van der Waals surface area contributed by atoms with Gasteiger partial charge in [0.2, 0.25) is 11.7 Å². The molecule has 1 saturated heterocycles. The summed E-state index contributed by atoms with van der Waals surface area (Å²) in [6.07, 6.45) is 0. The van der Waals surface area contributed by atoms with Crippen LogP contribution in [0.4, 0.5) is 0 Å². The molecule has 2 aromatic carbocycles. The van der Waals surface area contributed by atoms with Crippen molar-refractivity contribution < 1.29 is 18.8 Å². The zero-order valence-electron chi connectivity index (χ0n) is 18.9. The quantitative estimate of drug-likeness (QED) is 0.584. The number of carbonyl (C=O) groups excluding carboxylic acids is 1. The van der Waals surface area contributed by atoms with Crippen molar-refractivity contribution in [1.29, 1.82) is 0 Å². The average molecular weight is 437 g/mol. The highest BCUT2D eigenvalue weighted by atomic mass is 16.5. The van der Waals surface area contributed by atoms with E-state index in [4.69, 9.17) is 14.0 Å². The molecule has 0 radical (unpaired) electrons. The minimum absolute atomic E-state index is 0.0368. The average Bonchev–Trinajstić information content (AvgIpc) is 3.33. The van der Waals surface area contributed by atoms with Gasteiger partial charge in [-0.2, -0.15) is 4.98 Å². The van der Waals surface area contributed by atoms with Gasteiger partial charge in [0.05, 0.1) is 25.8 Å². The van der Waals surface area contributed by atoms with Crippen LogP contribution >= 0.6 is 0 Å². The van der Waals surface area contributed by atoms with Crippen molar-refractivity contribution in [3.05, 3.63) is 59.5 Å². The molecule has 32 heavy (non-hydrogen) atoms. The van der Waals surface area contributed by atoms with Crippen molar-refractivity contribution in [2.75, 3.05) is 40.4 Å². The van der Waals surface area contributed by atoms with Crippen LogP contribution in [0.25, 0.3) is 11.4 Å². The Balaban J connectivity index is 1.41. The number of rotatable bonds is 6. The van der Waals surface area contributed by atoms with E-state index in [2.05, 4.69) is 22.0 Å². The summed E-state index contributed by atoms with van der Waals surface area (Å²) in [6.45, 7) is 6.71. The van der Waals surface area contributed by atoms with Gasteiger partial charge >= 0.3 is 0 Å². The smallest absolute Gasteiger partial charge is 0.257 e. The minimum Gasteiger partial charge on any atom is -0.493 e. The maximum atomic E-state index is 13.1. The molecule has 1 aromatic heterocycles. The summed E-state index contributed by atoms with van der Waals surface area (Å²) in [7, 11) is 3.11. The van der Waals surface area contributed by atoms with E-state index in [0.29, 0.717) is 55.0 Å². The van der Waals surface area contributed by atoms with Crippen molar-refractivity contribution in [3.63, 3.8) is 0 Å². The number of carbonyl (C=O) groups is 1. The summed E-state index contributed by atoms with van der Waals surface area (Å²) in [5.41, 5.74) is 2.62. The Morgan fingerprint density at radius 3 is 2.41 bits per heavy atom. The van der Waals surface area contributed by atoms with Gasteiger partial charge in [-0.3, -0.25) is 9.69 Å². The lowest BCUT2D eigenvalue weighted by atomic mass is 10.1. The molecule has 1 unspecified atom stereocenters. The van der Waals surface area contributed by atoms with Crippen LogP contribution in [0.2, 0.25) is 0 Å². The molecule has 2 heterocycles. The maximum absolute atomic E-state index is 13.1. The molecule has 0 saturated carbocycles. The van der Waals surface area contributed by atoms with E-state index in [9.17, 15) is 4.79 Å². The highest BCUT2D eigenvalue weighted by Crippen LogP contribution is 2.32. The van der Waals surface area contributed by atoms with Crippen LogP contribution < -0.4 is 9.47 Å². The van der Waals surface area contributed by atoms with E-state index < -0.39 is 0 Å². The molecule has 0 N–H and O–H groups in total. The summed E-state index contributed by atoms with van der Waals surface area (Å²) < 4.78 is 16.3. The molecule has 8 nitrogen and oxygen atoms in total. The Labute approximate surface area is 187 Å². The van der Waals surface area contributed by atoms with Crippen LogP contribution in [0.15, 0.2) is 47.0 Å². The first-order chi connectivity index (χ1) is 15.5. The van der Waals surface area contributed by atoms with Gasteiger partial charge in [-0.25, -0.2) is 0 Å². The van der Waals surface area contributed by atoms with Gasteiger partial charge in [-0.15, -0.1) is 0 Å². The fraction of sp³-hybridized carbons (Fsp3) is 0.375. The van der Waals surface area contributed by atoms with Crippen LogP contribution in [0.3, 0.4) is 0 Å². The second-order valence-corrected chi connectivity index (χ2v) is 7.87. The molecule has 1 fully saturated rings. The van der Waals surface area contributed by atoms with Crippen molar-refractivity contribution in [1.82, 2.24) is 19.9 Å². The van der Waals surface area contributed by atoms with Crippen molar-refractivity contribution >= 4 is 5.91 Å². The molecular formula is C24H28N4O4. The van der Waals surface area contributed by atoms with E-state index >= 15 is 0 Å². The highest BCUT2D eigenvalue weighted by Gasteiger charge is 2.29. The van der Waals surface area contributed by atoms with Crippen molar-refractivity contribution in [2.24, 2.45) is 0 Å². The van der Waals surface area contributed by atoms with E-state index in [1.165, 1.54) is 5.56 Å². The van der Waals surface area contributed by atoms with E-state index in [0.717, 1.165) is 5.56 Å². The number of benzene rings is 2. The number of ether oxygens (including phenoxy) is 2. The Morgan fingerprint density at radius 1 is 1.03 bits per heavy atom. The third-order valence-electron chi connectivity index (χ3n) is 5.89. The SMILES string of the molecule is COc1cccc(C(=O)N2CCN(C(C)c3nc(-c4ccc(C)cc4)no3)CC2)c1OC. The fourth-order valence-corrected chi connectivity index (χ4v) is 3.92. The molecule has 0 spiro atoms. The van der Waals surface area contributed by atoms with Gasteiger partial charge in [0, 0.05) is 31.7 Å². The predicted octanol–water partition coefficient (Wildman–Crippen LogP) is 3.58. The normalized spacial score (nSPS) is 15.4. The minimum atomic E-state index is -0.0625. The first-order valence-electron chi connectivity index (χ1n) is 10.7. The molecular weight excluding hydrogens is 408 g/mol. The molecule has 0 aliphatic carbocycles. The van der Waals surface area contributed by atoms with Gasteiger partial charge in [0.1, 0.15) is 0 Å². The largest absolute Gasteiger partial charge is 0.493 e. The van der Waals surface area contributed by atoms with Gasteiger partial charge in [-0.1, -0.05) is 41.1 Å². The van der Waals surface area contributed by atoms with Crippen LogP contribution in [-0.2, 0) is 0 Å². The van der Waals surface area contributed by atoms with Crippen molar-refractivity contribution in [2.45, 2.75) is 19.9 Å². The molecule has 1 atom stereocenters. The number of amides is 1. The Morgan fingerprint density at radius 2 is 1.75 bits per heavy atom. The molecule has 4 rings (SSSR count). The lowest BCUT2D eigenvalue weighted by Crippen LogP contribution is -2.49. The Bertz CT molecular complexity index is 1070. The first-order valence-corrected chi connectivity index (χ1v) is 10.7. The molecule has 1 aliphatic rings. The fourth-order valence-electron chi connectivity index (χ4n) is 3.92. The standard InChI is InChI=1S/C24H28N4O4/c1-16-8-10-18(11-9-16)22-25-23(32-26-22)17(2)27-12-14-28(15-13-27)24(29)19-6-5-7-20(30-3)21(19)31-4/h5-11,17H,12-15H2,1-4H3. The summed E-state index contributed by atoms with van der Waals surface area (Å²) >= 11 is 0. The van der Waals surface area contributed by atoms with Crippen LogP contribution in [-0.4, -0.2) is 66.2 Å². The number of aryl methyl sites for hydroxylation is 1. The van der Waals surface area contributed by atoms with Gasteiger partial charge in [-0.05, 0) is 26.0 Å². The summed E-state index contributed by atoms with van der Waals surface area (Å²) in [5.74, 6) is 2.12. The first kappa shape index (κ1) is 21.8. The number of methoxy groups -OCH3 is 2. The third kappa shape index (κ3) is 4.31. The number of nitrogens with zero attached hydrogens (tertiary/aromatic N) is 4. The third-order valence-corrected chi connectivity index (χ3v) is 5.89. The zero-order chi connectivity index (χ0) is 22.7. The maximum Gasteiger partial charge on any atom is 0.257 e. The van der Waals surface area contributed by atoms with E-state index in [1.54, 1.807) is 32.4 Å². The van der Waals surface area contributed by atoms with Crippen molar-refractivity contribution in [3.8, 4) is 22.9 Å². The molecule has 168 valence electrons. The number of hydrogen-bond donors (Lipinski definition) is 0. The monoisotopic (exact) mass is 436 g/mol. The Kier molecular flexibility index (Phi) is 6.41. The number of aromatic nitrogens is 2. The highest BCUT2D eigenvalue weighted by molar-refractivity contribution is 5.98. The van der Waals surface area contributed by atoms with Crippen LogP contribution in [0, 0.1) is 6.92 Å². The number of para-hydroxylation sites is 1.